The summed E-state index contributed by atoms with van der Waals surface area (Å²) in [7, 11) is 0. The Bertz CT molecular complexity index is 489. The monoisotopic (exact) mass is 276 g/mol. The summed E-state index contributed by atoms with van der Waals surface area (Å²) in [5.41, 5.74) is -0.394. The van der Waals surface area contributed by atoms with Crippen LogP contribution >= 0.6 is 0 Å². The molecule has 2 aliphatic rings. The predicted molar refractivity (Wildman–Crippen MR) is 71.6 cm³/mol. The minimum absolute atomic E-state index is 0.0172. The molecule has 1 aromatic rings. The van der Waals surface area contributed by atoms with Gasteiger partial charge in [0, 0.05) is 19.4 Å². The number of imide groups is 1. The molecule has 1 N–H and O–H groups in total. The maximum absolute atomic E-state index is 12.7. The largest absolute Gasteiger partial charge is 0.282 e. The molecule has 2 heterocycles. The van der Waals surface area contributed by atoms with Gasteiger partial charge in [0.15, 0.2) is 0 Å². The molecule has 1 aliphatic heterocycles. The van der Waals surface area contributed by atoms with E-state index < -0.39 is 5.41 Å². The van der Waals surface area contributed by atoms with E-state index in [0.29, 0.717) is 25.2 Å². The van der Waals surface area contributed by atoms with Gasteiger partial charge < -0.3 is 0 Å². The predicted octanol–water partition coefficient (Wildman–Crippen LogP) is 1.45. The van der Waals surface area contributed by atoms with Crippen molar-refractivity contribution in [1.82, 2.24) is 20.1 Å². The van der Waals surface area contributed by atoms with Gasteiger partial charge in [-0.1, -0.05) is 25.7 Å². The van der Waals surface area contributed by atoms with Crippen LogP contribution in [-0.4, -0.2) is 38.4 Å². The van der Waals surface area contributed by atoms with Crippen LogP contribution in [0, 0.1) is 5.41 Å². The maximum atomic E-state index is 12.7. The van der Waals surface area contributed by atoms with Gasteiger partial charge in [-0.05, 0) is 12.8 Å². The molecule has 1 saturated heterocycles. The van der Waals surface area contributed by atoms with E-state index in [1.807, 2.05) is 0 Å². The van der Waals surface area contributed by atoms with Gasteiger partial charge in [0.2, 0.25) is 11.8 Å². The van der Waals surface area contributed by atoms with Gasteiger partial charge in [-0.25, -0.2) is 4.98 Å². The van der Waals surface area contributed by atoms with Crippen LogP contribution in [0.25, 0.3) is 0 Å². The van der Waals surface area contributed by atoms with Gasteiger partial charge in [0.05, 0.1) is 5.41 Å². The average Bonchev–Trinajstić information content (AvgIpc) is 2.93. The Kier molecular flexibility index (Phi) is 3.54. The van der Waals surface area contributed by atoms with Gasteiger partial charge in [-0.2, -0.15) is 5.10 Å². The fourth-order valence-corrected chi connectivity index (χ4v) is 3.45. The van der Waals surface area contributed by atoms with Crippen LogP contribution in [0.5, 0.6) is 0 Å². The zero-order valence-corrected chi connectivity index (χ0v) is 11.6. The summed E-state index contributed by atoms with van der Waals surface area (Å²) in [5.74, 6) is 0.743. The van der Waals surface area contributed by atoms with Crippen LogP contribution in [0.2, 0.25) is 0 Å². The maximum Gasteiger partial charge on any atom is 0.235 e. The van der Waals surface area contributed by atoms with Crippen LogP contribution in [0.1, 0.15) is 50.8 Å². The zero-order valence-electron chi connectivity index (χ0n) is 11.6. The number of nitrogens with one attached hydrogen (secondary N) is 1. The van der Waals surface area contributed by atoms with Crippen LogP contribution in [0.3, 0.4) is 0 Å². The highest BCUT2D eigenvalue weighted by molar-refractivity contribution is 6.05. The van der Waals surface area contributed by atoms with E-state index in [0.717, 1.165) is 25.7 Å². The number of hydrogen-bond donors (Lipinski definition) is 1. The highest BCUT2D eigenvalue weighted by Gasteiger charge is 2.50. The average molecular weight is 276 g/mol. The van der Waals surface area contributed by atoms with Crippen molar-refractivity contribution in [3.63, 3.8) is 0 Å². The second-order valence-electron chi connectivity index (χ2n) is 5.90. The molecule has 2 fully saturated rings. The summed E-state index contributed by atoms with van der Waals surface area (Å²) in [6.45, 7) is 0.411. The van der Waals surface area contributed by atoms with Crippen molar-refractivity contribution in [1.29, 1.82) is 0 Å². The molecule has 0 aromatic carbocycles. The summed E-state index contributed by atoms with van der Waals surface area (Å²) in [5, 5.41) is 6.54. The Morgan fingerprint density at radius 1 is 1.20 bits per heavy atom. The molecule has 6 heteroatoms. The van der Waals surface area contributed by atoms with Crippen molar-refractivity contribution in [2.45, 2.75) is 51.4 Å². The van der Waals surface area contributed by atoms with E-state index in [1.165, 1.54) is 24.1 Å². The van der Waals surface area contributed by atoms with E-state index in [2.05, 4.69) is 15.2 Å². The molecule has 1 aromatic heterocycles. The SMILES string of the molecule is O=C1CC2(CCCCCC2)C(=O)N1CCc1ncn[nH]1. The molecule has 1 saturated carbocycles. The number of amides is 2. The molecule has 1 spiro atoms. The molecule has 0 unspecified atom stereocenters. The molecule has 108 valence electrons. The van der Waals surface area contributed by atoms with E-state index in [-0.39, 0.29) is 11.8 Å². The second kappa shape index (κ2) is 5.34. The van der Waals surface area contributed by atoms with Crippen molar-refractivity contribution in [2.24, 2.45) is 5.41 Å². The highest BCUT2D eigenvalue weighted by Crippen LogP contribution is 2.44. The van der Waals surface area contributed by atoms with Crippen LogP contribution in [0.4, 0.5) is 0 Å². The van der Waals surface area contributed by atoms with E-state index in [1.54, 1.807) is 0 Å². The number of rotatable bonds is 3. The number of hydrogen-bond acceptors (Lipinski definition) is 4. The summed E-state index contributed by atoms with van der Waals surface area (Å²) in [4.78, 5) is 30.3. The topological polar surface area (TPSA) is 79.0 Å². The third-order valence-electron chi connectivity index (χ3n) is 4.59. The Hall–Kier alpha value is -1.72. The summed E-state index contributed by atoms with van der Waals surface area (Å²) < 4.78 is 0. The van der Waals surface area contributed by atoms with Crippen LogP contribution < -0.4 is 0 Å². The Morgan fingerprint density at radius 3 is 2.60 bits per heavy atom. The molecule has 0 bridgehead atoms. The van der Waals surface area contributed by atoms with Gasteiger partial charge in [0.25, 0.3) is 0 Å². The quantitative estimate of drug-likeness (QED) is 0.847. The molecule has 3 rings (SSSR count). The molecule has 0 radical (unpaired) electrons. The smallest absolute Gasteiger partial charge is 0.235 e. The van der Waals surface area contributed by atoms with Crippen molar-refractivity contribution >= 4 is 11.8 Å². The first-order valence-corrected chi connectivity index (χ1v) is 7.40. The van der Waals surface area contributed by atoms with Crippen LogP contribution in [-0.2, 0) is 16.0 Å². The molecule has 2 amide bonds. The molecule has 20 heavy (non-hydrogen) atoms. The molecule has 6 nitrogen and oxygen atoms in total. The van der Waals surface area contributed by atoms with Gasteiger partial charge >= 0.3 is 0 Å². The van der Waals surface area contributed by atoms with Crippen molar-refractivity contribution in [3.05, 3.63) is 12.2 Å². The number of nitrogens with zero attached hydrogens (tertiary/aromatic N) is 3. The first kappa shape index (κ1) is 13.3. The van der Waals surface area contributed by atoms with E-state index in [9.17, 15) is 9.59 Å². The number of aromatic nitrogens is 3. The Balaban J connectivity index is 1.69. The summed E-state index contributed by atoms with van der Waals surface area (Å²) in [6, 6.07) is 0. The number of aromatic amines is 1. The van der Waals surface area contributed by atoms with E-state index in [4.69, 9.17) is 0 Å². The third-order valence-corrected chi connectivity index (χ3v) is 4.59. The lowest BCUT2D eigenvalue weighted by molar-refractivity contribution is -0.141. The molecule has 0 atom stereocenters. The minimum atomic E-state index is -0.394. The zero-order chi connectivity index (χ0) is 14.0. The second-order valence-corrected chi connectivity index (χ2v) is 5.90. The number of carbonyl (C=O) groups is 2. The lowest BCUT2D eigenvalue weighted by atomic mass is 9.79. The van der Waals surface area contributed by atoms with Crippen molar-refractivity contribution < 1.29 is 9.59 Å². The first-order chi connectivity index (χ1) is 9.71. The van der Waals surface area contributed by atoms with Crippen molar-refractivity contribution in [3.8, 4) is 0 Å². The van der Waals surface area contributed by atoms with Gasteiger partial charge in [-0.15, -0.1) is 0 Å². The molecular formula is C14H20N4O2. The number of carbonyl (C=O) groups excluding carboxylic acids is 2. The van der Waals surface area contributed by atoms with E-state index >= 15 is 0 Å². The Morgan fingerprint density at radius 2 is 1.95 bits per heavy atom. The number of likely N-dealkylation sites (tertiary alicyclic amines) is 1. The molecular weight excluding hydrogens is 256 g/mol. The minimum Gasteiger partial charge on any atom is -0.282 e. The lowest BCUT2D eigenvalue weighted by Gasteiger charge is -2.24. The normalized spacial score (nSPS) is 22.5. The standard InChI is InChI=1S/C14H20N4O2/c19-12-9-14(6-3-1-2-4-7-14)13(20)18(12)8-5-11-15-10-16-17-11/h10H,1-9H2,(H,15,16,17). The third kappa shape index (κ3) is 2.34. The lowest BCUT2D eigenvalue weighted by Crippen LogP contribution is -2.37. The van der Waals surface area contributed by atoms with Crippen molar-refractivity contribution in [2.75, 3.05) is 6.54 Å². The summed E-state index contributed by atoms with van der Waals surface area (Å²) >= 11 is 0. The fraction of sp³-hybridized carbons (Fsp3) is 0.714. The Labute approximate surface area is 117 Å². The number of H-pyrrole nitrogens is 1. The first-order valence-electron chi connectivity index (χ1n) is 7.40. The van der Waals surface area contributed by atoms with Gasteiger partial charge in [0.1, 0.15) is 12.2 Å². The summed E-state index contributed by atoms with van der Waals surface area (Å²) in [6.07, 6.45) is 8.63. The molecule has 1 aliphatic carbocycles. The van der Waals surface area contributed by atoms with Crippen LogP contribution in [0.15, 0.2) is 6.33 Å². The van der Waals surface area contributed by atoms with Gasteiger partial charge in [-0.3, -0.25) is 19.6 Å². The highest BCUT2D eigenvalue weighted by atomic mass is 16.2. The fourth-order valence-electron chi connectivity index (χ4n) is 3.45.